The molecule has 0 atom stereocenters. The van der Waals surface area contributed by atoms with Crippen molar-refractivity contribution < 1.29 is 22.3 Å². The second-order valence-corrected chi connectivity index (χ2v) is 10.7. The molecule has 0 unspecified atom stereocenters. The molecule has 0 fully saturated rings. The van der Waals surface area contributed by atoms with Crippen LogP contribution in [0.25, 0.3) is 21.9 Å². The van der Waals surface area contributed by atoms with E-state index in [1.165, 1.54) is 6.07 Å². The van der Waals surface area contributed by atoms with E-state index in [0.29, 0.717) is 11.1 Å². The van der Waals surface area contributed by atoms with Crippen LogP contribution in [-0.4, -0.2) is 0 Å². The molecule has 1 aliphatic rings. The zero-order valence-electron chi connectivity index (χ0n) is 19.4. The molecule has 0 N–H and O–H groups in total. The molecule has 0 aromatic heterocycles. The number of halogens is 6. The van der Waals surface area contributed by atoms with Gasteiger partial charge in [0.05, 0.1) is 16.8 Å². The van der Waals surface area contributed by atoms with Crippen molar-refractivity contribution in [3.05, 3.63) is 123 Å². The first-order valence-corrected chi connectivity index (χ1v) is 13.2. The molecule has 5 aromatic carbocycles. The van der Waals surface area contributed by atoms with Crippen molar-refractivity contribution in [2.75, 3.05) is 4.90 Å². The second-order valence-electron chi connectivity index (χ2n) is 8.86. The van der Waals surface area contributed by atoms with Crippen molar-refractivity contribution in [2.24, 2.45) is 0 Å². The molecule has 38 heavy (non-hydrogen) atoms. The van der Waals surface area contributed by atoms with Crippen LogP contribution >= 0.6 is 31.9 Å². The van der Waals surface area contributed by atoms with E-state index < -0.39 is 23.3 Å². The molecule has 6 rings (SSSR count). The summed E-state index contributed by atoms with van der Waals surface area (Å²) >= 11 is 6.99. The molecule has 0 aliphatic carbocycles. The highest BCUT2D eigenvalue weighted by molar-refractivity contribution is 9.10. The fourth-order valence-corrected chi connectivity index (χ4v) is 5.34. The highest BCUT2D eigenvalue weighted by Gasteiger charge is 2.57. The molecule has 1 aliphatic heterocycles. The van der Waals surface area contributed by atoms with Gasteiger partial charge in [-0.05, 0) is 83.2 Å². The van der Waals surface area contributed by atoms with Crippen molar-refractivity contribution in [1.29, 1.82) is 0 Å². The number of ether oxygens (including phenoxy) is 1. The Balaban J connectivity index is 1.55. The molecule has 5 aromatic rings. The van der Waals surface area contributed by atoms with Crippen LogP contribution in [0.3, 0.4) is 0 Å². The fourth-order valence-electron chi connectivity index (χ4n) is 4.81. The number of rotatable bonds is 4. The van der Waals surface area contributed by atoms with E-state index in [9.17, 15) is 17.6 Å². The number of benzene rings is 5. The zero-order chi connectivity index (χ0) is 26.7. The van der Waals surface area contributed by atoms with E-state index in [4.69, 9.17) is 0 Å². The number of nitrogens with zero attached hydrogens (tertiary/aromatic N) is 1. The molecular weight excluding hydrogens is 626 g/mol. The predicted molar refractivity (Wildman–Crippen MR) is 148 cm³/mol. The highest BCUT2D eigenvalue weighted by atomic mass is 79.9. The molecule has 8 heteroatoms. The average molecular weight is 643 g/mol. The molecule has 0 amide bonds. The van der Waals surface area contributed by atoms with Crippen LogP contribution in [0, 0.1) is 0 Å². The van der Waals surface area contributed by atoms with E-state index in [2.05, 4.69) is 41.5 Å². The van der Waals surface area contributed by atoms with Gasteiger partial charge in [-0.2, -0.15) is 17.6 Å². The van der Waals surface area contributed by atoms with E-state index in [1.54, 1.807) is 0 Å². The third-order valence-corrected chi connectivity index (χ3v) is 7.58. The maximum Gasteiger partial charge on any atom is 0.388 e. The zero-order valence-corrected chi connectivity index (χ0v) is 22.6. The summed E-state index contributed by atoms with van der Waals surface area (Å²) in [6.45, 7) is 0. The summed E-state index contributed by atoms with van der Waals surface area (Å²) in [5, 5.41) is 1.66. The lowest BCUT2D eigenvalue weighted by Gasteiger charge is -2.27. The maximum atomic E-state index is 14.3. The fraction of sp³-hybridized carbons (Fsp3) is 0.0667. The number of hydrogen-bond acceptors (Lipinski definition) is 2. The number of alkyl halides is 4. The van der Waals surface area contributed by atoms with Crippen LogP contribution in [0.4, 0.5) is 34.6 Å². The molecule has 0 spiro atoms. The van der Waals surface area contributed by atoms with Gasteiger partial charge in [0.25, 0.3) is 0 Å². The van der Waals surface area contributed by atoms with E-state index in [1.807, 2.05) is 84.9 Å². The third kappa shape index (κ3) is 4.30. The molecular formula is C30H17Br2F4NO. The van der Waals surface area contributed by atoms with E-state index in [-0.39, 0.29) is 0 Å². The first-order valence-electron chi connectivity index (χ1n) is 11.6. The summed E-state index contributed by atoms with van der Waals surface area (Å²) in [6, 6.07) is 30.7. The van der Waals surface area contributed by atoms with Crippen LogP contribution in [0.5, 0.6) is 0 Å². The quantitative estimate of drug-likeness (QED) is 0.181. The first-order chi connectivity index (χ1) is 18.1. The Kier molecular flexibility index (Phi) is 6.09. The van der Waals surface area contributed by atoms with Gasteiger partial charge in [0.2, 0.25) is 0 Å². The molecule has 2 nitrogen and oxygen atoms in total. The van der Waals surface area contributed by atoms with E-state index in [0.717, 1.165) is 48.9 Å². The standard InChI is InChI=1S/C30H17Br2F4NO/c31-19-6-10-21(11-7-19)37(22-12-8-20(32)9-13-22)28-16-14-23(24-3-1-2-4-25(24)28)18-5-15-26-27(17-18)30(35,36)38-29(26,33)34/h1-17H. The Labute approximate surface area is 232 Å². The van der Waals surface area contributed by atoms with Gasteiger partial charge in [-0.15, -0.1) is 0 Å². The molecule has 1 heterocycles. The summed E-state index contributed by atoms with van der Waals surface area (Å²) in [7, 11) is 0. The van der Waals surface area contributed by atoms with Crippen molar-refractivity contribution in [3.63, 3.8) is 0 Å². The summed E-state index contributed by atoms with van der Waals surface area (Å²) in [6.07, 6.45) is -8.12. The summed E-state index contributed by atoms with van der Waals surface area (Å²) in [5.41, 5.74) is 2.12. The van der Waals surface area contributed by atoms with Crippen molar-refractivity contribution >= 4 is 59.7 Å². The molecule has 190 valence electrons. The van der Waals surface area contributed by atoms with Gasteiger partial charge in [0, 0.05) is 25.7 Å². The van der Waals surface area contributed by atoms with Gasteiger partial charge >= 0.3 is 12.2 Å². The Morgan fingerprint density at radius 1 is 0.579 bits per heavy atom. The largest absolute Gasteiger partial charge is 0.388 e. The minimum Gasteiger partial charge on any atom is -0.310 e. The van der Waals surface area contributed by atoms with Crippen LogP contribution < -0.4 is 4.90 Å². The normalized spacial score (nSPS) is 15.4. The molecule has 0 saturated heterocycles. The van der Waals surface area contributed by atoms with Crippen LogP contribution in [-0.2, 0) is 17.0 Å². The Morgan fingerprint density at radius 2 is 1.13 bits per heavy atom. The molecule has 0 bridgehead atoms. The minimum atomic E-state index is -4.08. The topological polar surface area (TPSA) is 12.5 Å². The number of anilines is 3. The average Bonchev–Trinajstić information content (AvgIpc) is 3.09. The minimum absolute atomic E-state index is 0.395. The number of hydrogen-bond donors (Lipinski definition) is 0. The summed E-state index contributed by atoms with van der Waals surface area (Å²) in [5.74, 6) is 0. The first kappa shape index (κ1) is 25.1. The smallest absolute Gasteiger partial charge is 0.310 e. The monoisotopic (exact) mass is 641 g/mol. The van der Waals surface area contributed by atoms with Crippen LogP contribution in [0.2, 0.25) is 0 Å². The second kappa shape index (κ2) is 9.22. The Hall–Kier alpha value is -3.20. The van der Waals surface area contributed by atoms with Crippen molar-refractivity contribution in [1.82, 2.24) is 0 Å². The van der Waals surface area contributed by atoms with Gasteiger partial charge in [0.1, 0.15) is 0 Å². The summed E-state index contributed by atoms with van der Waals surface area (Å²) < 4.78 is 62.4. The lowest BCUT2D eigenvalue weighted by molar-refractivity contribution is -0.369. The van der Waals surface area contributed by atoms with Crippen LogP contribution in [0.1, 0.15) is 11.1 Å². The van der Waals surface area contributed by atoms with Gasteiger partial charge in [-0.25, -0.2) is 4.74 Å². The Bertz CT molecular complexity index is 1630. The summed E-state index contributed by atoms with van der Waals surface area (Å²) in [4.78, 5) is 2.11. The van der Waals surface area contributed by atoms with Gasteiger partial charge in [0.15, 0.2) is 0 Å². The lowest BCUT2D eigenvalue weighted by Crippen LogP contribution is -2.17. The van der Waals surface area contributed by atoms with Gasteiger partial charge in [-0.1, -0.05) is 68.3 Å². The van der Waals surface area contributed by atoms with E-state index >= 15 is 0 Å². The maximum absolute atomic E-state index is 14.3. The van der Waals surface area contributed by atoms with Gasteiger partial charge < -0.3 is 4.90 Å². The lowest BCUT2D eigenvalue weighted by atomic mass is 9.94. The van der Waals surface area contributed by atoms with Crippen molar-refractivity contribution in [3.8, 4) is 11.1 Å². The molecule has 0 saturated carbocycles. The Morgan fingerprint density at radius 3 is 1.74 bits per heavy atom. The molecule has 0 radical (unpaired) electrons. The highest BCUT2D eigenvalue weighted by Crippen LogP contribution is 2.52. The van der Waals surface area contributed by atoms with Crippen molar-refractivity contribution in [2.45, 2.75) is 12.2 Å². The third-order valence-electron chi connectivity index (χ3n) is 6.53. The predicted octanol–water partition coefficient (Wildman–Crippen LogP) is 10.6. The van der Waals surface area contributed by atoms with Crippen LogP contribution in [0.15, 0.2) is 112 Å². The number of fused-ring (bicyclic) bond motifs is 2. The van der Waals surface area contributed by atoms with Gasteiger partial charge in [-0.3, -0.25) is 0 Å². The SMILES string of the molecule is FC1(F)OC(F)(F)c2cc(-c3ccc(N(c4ccc(Br)cc4)c4ccc(Br)cc4)c4ccccc34)ccc21.